The van der Waals surface area contributed by atoms with Gasteiger partial charge in [0.1, 0.15) is 0 Å². The average Bonchev–Trinajstić information content (AvgIpc) is 2.41. The molecule has 108 valence electrons. The van der Waals surface area contributed by atoms with E-state index in [1.807, 2.05) is 0 Å². The van der Waals surface area contributed by atoms with Gasteiger partial charge in [-0.3, -0.25) is 4.90 Å². The molecule has 2 nitrogen and oxygen atoms in total. The van der Waals surface area contributed by atoms with Crippen LogP contribution in [0.3, 0.4) is 0 Å². The summed E-state index contributed by atoms with van der Waals surface area (Å²) in [5.41, 5.74) is 3.09. The molecular weight excluding hydrogens is 232 g/mol. The Bertz CT molecular complexity index is 354. The van der Waals surface area contributed by atoms with E-state index < -0.39 is 0 Å². The lowest BCUT2D eigenvalue weighted by Crippen LogP contribution is -2.39. The van der Waals surface area contributed by atoms with Crippen LogP contribution in [0.2, 0.25) is 0 Å². The Morgan fingerprint density at radius 3 is 2.16 bits per heavy atom. The first-order valence-corrected chi connectivity index (χ1v) is 7.49. The van der Waals surface area contributed by atoms with Crippen LogP contribution in [0, 0.1) is 0 Å². The Labute approximate surface area is 119 Å². The number of nitrogens with zero attached hydrogens (tertiary/aromatic N) is 1. The van der Waals surface area contributed by atoms with Gasteiger partial charge in [0.15, 0.2) is 0 Å². The van der Waals surface area contributed by atoms with Crippen LogP contribution in [0.1, 0.15) is 45.2 Å². The highest BCUT2D eigenvalue weighted by molar-refractivity contribution is 5.23. The molecule has 1 rings (SSSR count). The first-order chi connectivity index (χ1) is 8.99. The highest BCUT2D eigenvalue weighted by atomic mass is 15.2. The fourth-order valence-corrected chi connectivity index (χ4v) is 1.98. The van der Waals surface area contributed by atoms with Crippen molar-refractivity contribution in [2.24, 2.45) is 0 Å². The zero-order valence-corrected chi connectivity index (χ0v) is 13.3. The molecule has 19 heavy (non-hydrogen) atoms. The minimum absolute atomic E-state index is 0.268. The standard InChI is InChI=1S/C17H30N2/c1-6-17(3,4)19(5)14-16-10-8-15(9-11-16)12-13-18-7-2/h8-11,18H,6-7,12-14H2,1-5H3. The number of rotatable bonds is 8. The van der Waals surface area contributed by atoms with E-state index in [2.05, 4.69) is 69.2 Å². The summed E-state index contributed by atoms with van der Waals surface area (Å²) in [6.45, 7) is 12.1. The summed E-state index contributed by atoms with van der Waals surface area (Å²) in [5, 5.41) is 3.36. The molecule has 1 aromatic rings. The minimum atomic E-state index is 0.268. The number of likely N-dealkylation sites (N-methyl/N-ethyl adjacent to an activating group) is 1. The first-order valence-electron chi connectivity index (χ1n) is 7.49. The molecule has 0 spiro atoms. The van der Waals surface area contributed by atoms with E-state index in [1.165, 1.54) is 17.5 Å². The Kier molecular flexibility index (Phi) is 6.53. The van der Waals surface area contributed by atoms with Gasteiger partial charge < -0.3 is 5.32 Å². The van der Waals surface area contributed by atoms with Crippen molar-refractivity contribution in [3.05, 3.63) is 35.4 Å². The summed E-state index contributed by atoms with van der Waals surface area (Å²) in [4.78, 5) is 2.43. The molecule has 0 aliphatic rings. The lowest BCUT2D eigenvalue weighted by atomic mass is 9.99. The van der Waals surface area contributed by atoms with Crippen LogP contribution in [0.5, 0.6) is 0 Å². The highest BCUT2D eigenvalue weighted by Crippen LogP contribution is 2.19. The molecular formula is C17H30N2. The zero-order chi connectivity index (χ0) is 14.3. The maximum absolute atomic E-state index is 3.36. The topological polar surface area (TPSA) is 15.3 Å². The van der Waals surface area contributed by atoms with Crippen molar-refractivity contribution < 1.29 is 0 Å². The predicted octanol–water partition coefficient (Wildman–Crippen LogP) is 3.46. The van der Waals surface area contributed by atoms with E-state index >= 15 is 0 Å². The molecule has 0 fully saturated rings. The van der Waals surface area contributed by atoms with Gasteiger partial charge in [0, 0.05) is 12.1 Å². The second kappa shape index (κ2) is 7.66. The van der Waals surface area contributed by atoms with Gasteiger partial charge in [-0.05, 0) is 58.0 Å². The van der Waals surface area contributed by atoms with Crippen molar-refractivity contribution in [1.82, 2.24) is 10.2 Å². The third kappa shape index (κ3) is 5.33. The van der Waals surface area contributed by atoms with Crippen molar-refractivity contribution in [2.75, 3.05) is 20.1 Å². The lowest BCUT2D eigenvalue weighted by Gasteiger charge is -2.34. The van der Waals surface area contributed by atoms with Crippen molar-refractivity contribution in [2.45, 2.75) is 52.6 Å². The minimum Gasteiger partial charge on any atom is -0.317 e. The average molecular weight is 262 g/mol. The summed E-state index contributed by atoms with van der Waals surface area (Å²) in [6.07, 6.45) is 2.29. The largest absolute Gasteiger partial charge is 0.317 e. The molecule has 1 aromatic carbocycles. The van der Waals surface area contributed by atoms with Crippen LogP contribution in [0.4, 0.5) is 0 Å². The highest BCUT2D eigenvalue weighted by Gasteiger charge is 2.20. The fraction of sp³-hybridized carbons (Fsp3) is 0.647. The molecule has 0 radical (unpaired) electrons. The molecule has 0 aliphatic heterocycles. The summed E-state index contributed by atoms with van der Waals surface area (Å²) in [6, 6.07) is 9.06. The zero-order valence-electron chi connectivity index (χ0n) is 13.3. The molecule has 0 saturated heterocycles. The van der Waals surface area contributed by atoms with E-state index in [-0.39, 0.29) is 5.54 Å². The van der Waals surface area contributed by atoms with E-state index in [9.17, 15) is 0 Å². The quantitative estimate of drug-likeness (QED) is 0.722. The molecule has 0 aromatic heterocycles. The maximum Gasteiger partial charge on any atom is 0.0235 e. The van der Waals surface area contributed by atoms with Crippen molar-refractivity contribution in [3.63, 3.8) is 0 Å². The smallest absolute Gasteiger partial charge is 0.0235 e. The molecule has 0 amide bonds. The molecule has 2 heteroatoms. The van der Waals surface area contributed by atoms with Gasteiger partial charge >= 0.3 is 0 Å². The second-order valence-electron chi connectivity index (χ2n) is 5.94. The summed E-state index contributed by atoms with van der Waals surface area (Å²) < 4.78 is 0. The Morgan fingerprint density at radius 2 is 1.63 bits per heavy atom. The van der Waals surface area contributed by atoms with Crippen LogP contribution < -0.4 is 5.32 Å². The summed E-state index contributed by atoms with van der Waals surface area (Å²) in [7, 11) is 2.21. The molecule has 0 unspecified atom stereocenters. The van der Waals surface area contributed by atoms with Crippen molar-refractivity contribution >= 4 is 0 Å². The van der Waals surface area contributed by atoms with Crippen LogP contribution in [0.25, 0.3) is 0 Å². The van der Waals surface area contributed by atoms with E-state index in [0.29, 0.717) is 0 Å². The number of benzene rings is 1. The number of hydrogen-bond donors (Lipinski definition) is 1. The van der Waals surface area contributed by atoms with Crippen LogP contribution in [-0.4, -0.2) is 30.6 Å². The third-order valence-corrected chi connectivity index (χ3v) is 4.18. The Hall–Kier alpha value is -0.860. The molecule has 1 N–H and O–H groups in total. The van der Waals surface area contributed by atoms with E-state index in [0.717, 1.165) is 26.1 Å². The molecule has 0 atom stereocenters. The first kappa shape index (κ1) is 16.2. The fourth-order valence-electron chi connectivity index (χ4n) is 1.98. The Morgan fingerprint density at radius 1 is 1.05 bits per heavy atom. The summed E-state index contributed by atoms with van der Waals surface area (Å²) in [5.74, 6) is 0. The van der Waals surface area contributed by atoms with Crippen LogP contribution in [-0.2, 0) is 13.0 Å². The van der Waals surface area contributed by atoms with Gasteiger partial charge in [0.2, 0.25) is 0 Å². The monoisotopic (exact) mass is 262 g/mol. The molecule has 0 saturated carbocycles. The molecule has 0 aliphatic carbocycles. The van der Waals surface area contributed by atoms with Crippen molar-refractivity contribution in [1.29, 1.82) is 0 Å². The van der Waals surface area contributed by atoms with Gasteiger partial charge in [-0.15, -0.1) is 0 Å². The van der Waals surface area contributed by atoms with Crippen molar-refractivity contribution in [3.8, 4) is 0 Å². The lowest BCUT2D eigenvalue weighted by molar-refractivity contribution is 0.143. The van der Waals surface area contributed by atoms with Gasteiger partial charge in [-0.25, -0.2) is 0 Å². The Balaban J connectivity index is 2.52. The normalized spacial score (nSPS) is 12.1. The molecule has 0 heterocycles. The maximum atomic E-state index is 3.36. The SMILES string of the molecule is CCNCCc1ccc(CN(C)C(C)(C)CC)cc1. The number of hydrogen-bond acceptors (Lipinski definition) is 2. The summed E-state index contributed by atoms with van der Waals surface area (Å²) >= 11 is 0. The molecule has 0 bridgehead atoms. The van der Waals surface area contributed by atoms with Gasteiger partial charge in [-0.1, -0.05) is 38.1 Å². The van der Waals surface area contributed by atoms with E-state index in [1.54, 1.807) is 0 Å². The number of nitrogens with one attached hydrogen (secondary N) is 1. The van der Waals surface area contributed by atoms with Gasteiger partial charge in [0.05, 0.1) is 0 Å². The van der Waals surface area contributed by atoms with Gasteiger partial charge in [0.25, 0.3) is 0 Å². The van der Waals surface area contributed by atoms with E-state index in [4.69, 9.17) is 0 Å². The van der Waals surface area contributed by atoms with Gasteiger partial charge in [-0.2, -0.15) is 0 Å². The second-order valence-corrected chi connectivity index (χ2v) is 5.94. The third-order valence-electron chi connectivity index (χ3n) is 4.18. The van der Waals surface area contributed by atoms with Crippen LogP contribution >= 0.6 is 0 Å². The predicted molar refractivity (Wildman–Crippen MR) is 84.5 cm³/mol. The van der Waals surface area contributed by atoms with Crippen LogP contribution in [0.15, 0.2) is 24.3 Å².